The highest BCUT2D eigenvalue weighted by Crippen LogP contribution is 2.25. The lowest BCUT2D eigenvalue weighted by atomic mass is 10.2. The molecule has 0 saturated heterocycles. The summed E-state index contributed by atoms with van der Waals surface area (Å²) in [6.45, 7) is 2.13. The average Bonchev–Trinajstić information content (AvgIpc) is 2.77. The molecule has 1 aromatic carbocycles. The van der Waals surface area contributed by atoms with Crippen molar-refractivity contribution in [2.45, 2.75) is 19.8 Å². The molecule has 0 aliphatic carbocycles. The van der Waals surface area contributed by atoms with E-state index < -0.39 is 0 Å². The van der Waals surface area contributed by atoms with Gasteiger partial charge in [-0.15, -0.1) is 0 Å². The number of aromatic nitrogens is 4. The highest BCUT2D eigenvalue weighted by molar-refractivity contribution is 5.88. The van der Waals surface area contributed by atoms with E-state index in [0.717, 1.165) is 35.1 Å². The quantitative estimate of drug-likeness (QED) is 0.791. The maximum Gasteiger partial charge on any atom is 0.162 e. The van der Waals surface area contributed by atoms with Crippen LogP contribution in [0, 0.1) is 0 Å². The van der Waals surface area contributed by atoms with Gasteiger partial charge in [-0.3, -0.25) is 4.68 Å². The van der Waals surface area contributed by atoms with Crippen molar-refractivity contribution in [2.75, 3.05) is 5.73 Å². The number of aryl methyl sites for hydroxylation is 2. The number of nitrogens with zero attached hydrogens (tertiary/aromatic N) is 4. The number of benzene rings is 1. The van der Waals surface area contributed by atoms with E-state index in [2.05, 4.69) is 22.0 Å². The summed E-state index contributed by atoms with van der Waals surface area (Å²) in [5.74, 6) is 1.13. The summed E-state index contributed by atoms with van der Waals surface area (Å²) in [5.41, 5.74) is 9.72. The maximum absolute atomic E-state index is 6.09. The van der Waals surface area contributed by atoms with Crippen molar-refractivity contribution < 1.29 is 0 Å². The van der Waals surface area contributed by atoms with E-state index in [4.69, 9.17) is 5.73 Å². The molecule has 2 heterocycles. The molecule has 20 heavy (non-hydrogen) atoms. The molecule has 3 aromatic rings. The normalized spacial score (nSPS) is 11.1. The minimum absolute atomic E-state index is 0.478. The van der Waals surface area contributed by atoms with Crippen molar-refractivity contribution in [2.24, 2.45) is 7.05 Å². The number of hydrogen-bond donors (Lipinski definition) is 1. The maximum atomic E-state index is 6.09. The van der Waals surface area contributed by atoms with Crippen molar-refractivity contribution >= 4 is 16.9 Å². The summed E-state index contributed by atoms with van der Waals surface area (Å²) in [5, 5.41) is 4.51. The van der Waals surface area contributed by atoms with E-state index in [-0.39, 0.29) is 0 Å². The Morgan fingerprint density at radius 1 is 1.15 bits per heavy atom. The standard InChI is InChI=1S/C15H17N5/c1-3-7-11-12-13(20(2)19-11)14(16)18-15(17-12)10-8-5-4-6-9-10/h4-6,8-9H,3,7H2,1-2H3,(H2,16,17,18). The van der Waals surface area contributed by atoms with E-state index in [0.29, 0.717) is 11.6 Å². The molecule has 0 amide bonds. The second-order valence-electron chi connectivity index (χ2n) is 4.82. The Morgan fingerprint density at radius 3 is 2.60 bits per heavy atom. The number of hydrogen-bond acceptors (Lipinski definition) is 4. The largest absolute Gasteiger partial charge is 0.382 e. The molecule has 0 unspecified atom stereocenters. The van der Waals surface area contributed by atoms with E-state index in [9.17, 15) is 0 Å². The molecule has 0 atom stereocenters. The number of nitrogen functional groups attached to an aromatic ring is 1. The van der Waals surface area contributed by atoms with E-state index in [1.54, 1.807) is 4.68 Å². The van der Waals surface area contributed by atoms with Crippen molar-refractivity contribution in [3.05, 3.63) is 36.0 Å². The monoisotopic (exact) mass is 267 g/mol. The Bertz CT molecular complexity index is 746. The first-order valence-corrected chi connectivity index (χ1v) is 6.75. The summed E-state index contributed by atoms with van der Waals surface area (Å²) in [7, 11) is 1.88. The van der Waals surface area contributed by atoms with Gasteiger partial charge >= 0.3 is 0 Å². The second-order valence-corrected chi connectivity index (χ2v) is 4.82. The number of anilines is 1. The molecule has 0 radical (unpaired) electrons. The first-order valence-electron chi connectivity index (χ1n) is 6.75. The van der Waals surface area contributed by atoms with Crippen LogP contribution in [0.1, 0.15) is 19.0 Å². The third-order valence-corrected chi connectivity index (χ3v) is 3.30. The Labute approximate surface area is 117 Å². The molecule has 0 saturated carbocycles. The van der Waals surface area contributed by atoms with Gasteiger partial charge in [-0.25, -0.2) is 9.97 Å². The van der Waals surface area contributed by atoms with Crippen molar-refractivity contribution in [3.63, 3.8) is 0 Å². The predicted molar refractivity (Wildman–Crippen MR) is 80.1 cm³/mol. The highest BCUT2D eigenvalue weighted by atomic mass is 15.3. The van der Waals surface area contributed by atoms with Gasteiger partial charge in [0.1, 0.15) is 11.0 Å². The van der Waals surface area contributed by atoms with Crippen LogP contribution in [0.5, 0.6) is 0 Å². The Balaban J connectivity index is 2.25. The van der Waals surface area contributed by atoms with Gasteiger partial charge in [-0.05, 0) is 6.42 Å². The smallest absolute Gasteiger partial charge is 0.162 e. The van der Waals surface area contributed by atoms with Crippen LogP contribution in [0.4, 0.5) is 5.82 Å². The molecule has 3 rings (SSSR count). The third kappa shape index (κ3) is 2.01. The summed E-state index contributed by atoms with van der Waals surface area (Å²) < 4.78 is 1.77. The minimum Gasteiger partial charge on any atom is -0.382 e. The Morgan fingerprint density at radius 2 is 1.90 bits per heavy atom. The van der Waals surface area contributed by atoms with Crippen LogP contribution in [-0.2, 0) is 13.5 Å². The van der Waals surface area contributed by atoms with Gasteiger partial charge in [0.05, 0.1) is 5.69 Å². The molecule has 2 N–H and O–H groups in total. The lowest BCUT2D eigenvalue weighted by molar-refractivity contribution is 0.753. The molecule has 0 aliphatic heterocycles. The number of rotatable bonds is 3. The minimum atomic E-state index is 0.478. The van der Waals surface area contributed by atoms with Crippen LogP contribution in [0.2, 0.25) is 0 Å². The first kappa shape index (κ1) is 12.6. The molecule has 5 nitrogen and oxygen atoms in total. The summed E-state index contributed by atoms with van der Waals surface area (Å²) in [6.07, 6.45) is 1.92. The molecule has 0 aliphatic rings. The van der Waals surface area contributed by atoms with Gasteiger partial charge in [-0.1, -0.05) is 43.7 Å². The fourth-order valence-corrected chi connectivity index (χ4v) is 2.39. The summed E-state index contributed by atoms with van der Waals surface area (Å²) >= 11 is 0. The second kappa shape index (κ2) is 4.92. The van der Waals surface area contributed by atoms with Crippen LogP contribution >= 0.6 is 0 Å². The molecule has 0 fully saturated rings. The summed E-state index contributed by atoms with van der Waals surface area (Å²) in [6, 6.07) is 9.87. The molecule has 5 heteroatoms. The molecule has 102 valence electrons. The van der Waals surface area contributed by atoms with Gasteiger partial charge in [0.15, 0.2) is 11.6 Å². The van der Waals surface area contributed by atoms with Crippen molar-refractivity contribution in [3.8, 4) is 11.4 Å². The van der Waals surface area contributed by atoms with Gasteiger partial charge in [0.25, 0.3) is 0 Å². The lowest BCUT2D eigenvalue weighted by Crippen LogP contribution is -2.00. The van der Waals surface area contributed by atoms with Crippen molar-refractivity contribution in [1.29, 1.82) is 0 Å². The molecule has 0 spiro atoms. The zero-order valence-electron chi connectivity index (χ0n) is 11.7. The zero-order chi connectivity index (χ0) is 14.1. The highest BCUT2D eigenvalue weighted by Gasteiger charge is 2.15. The SMILES string of the molecule is CCCc1nn(C)c2c(N)nc(-c3ccccc3)nc12. The topological polar surface area (TPSA) is 69.6 Å². The summed E-state index contributed by atoms with van der Waals surface area (Å²) in [4.78, 5) is 9.08. The molecule has 2 aromatic heterocycles. The van der Waals surface area contributed by atoms with Crippen LogP contribution in [-0.4, -0.2) is 19.7 Å². The fourth-order valence-electron chi connectivity index (χ4n) is 2.39. The number of nitrogens with two attached hydrogens (primary N) is 1. The fraction of sp³-hybridized carbons (Fsp3) is 0.267. The van der Waals surface area contributed by atoms with Crippen LogP contribution in [0.25, 0.3) is 22.4 Å². The predicted octanol–water partition coefficient (Wildman–Crippen LogP) is 2.57. The molecule has 0 bridgehead atoms. The van der Waals surface area contributed by atoms with E-state index in [1.807, 2.05) is 37.4 Å². The Kier molecular flexibility index (Phi) is 3.10. The molecular weight excluding hydrogens is 250 g/mol. The van der Waals surface area contributed by atoms with Gasteiger partial charge < -0.3 is 5.73 Å². The third-order valence-electron chi connectivity index (χ3n) is 3.30. The van der Waals surface area contributed by atoms with Crippen LogP contribution in [0.15, 0.2) is 30.3 Å². The van der Waals surface area contributed by atoms with Gasteiger partial charge in [0.2, 0.25) is 0 Å². The number of fused-ring (bicyclic) bond motifs is 1. The zero-order valence-corrected chi connectivity index (χ0v) is 11.7. The van der Waals surface area contributed by atoms with Crippen LogP contribution < -0.4 is 5.73 Å². The average molecular weight is 267 g/mol. The van der Waals surface area contributed by atoms with Gasteiger partial charge in [-0.2, -0.15) is 5.10 Å². The van der Waals surface area contributed by atoms with E-state index >= 15 is 0 Å². The van der Waals surface area contributed by atoms with Crippen LogP contribution in [0.3, 0.4) is 0 Å². The lowest BCUT2D eigenvalue weighted by Gasteiger charge is -2.03. The Hall–Kier alpha value is -2.43. The van der Waals surface area contributed by atoms with Crippen molar-refractivity contribution in [1.82, 2.24) is 19.7 Å². The van der Waals surface area contributed by atoms with Gasteiger partial charge in [0, 0.05) is 12.6 Å². The molecular formula is C15H17N5. The first-order chi connectivity index (χ1) is 9.70. The van der Waals surface area contributed by atoms with E-state index in [1.165, 1.54) is 0 Å².